The van der Waals surface area contributed by atoms with E-state index < -0.39 is 0 Å². The van der Waals surface area contributed by atoms with E-state index >= 15 is 0 Å². The van der Waals surface area contributed by atoms with Gasteiger partial charge in [-0.05, 0) is 94.2 Å². The maximum Gasteiger partial charge on any atom is 0.148 e. The molecule has 2 rings (SSSR count). The van der Waals surface area contributed by atoms with Crippen LogP contribution in [0.2, 0.25) is 0 Å². The minimum Gasteiger partial charge on any atom is -0.464 e. The van der Waals surface area contributed by atoms with Crippen LogP contribution in [0.5, 0.6) is 0 Å². The smallest absolute Gasteiger partial charge is 0.148 e. The summed E-state index contributed by atoms with van der Waals surface area (Å²) in [4.78, 5) is 2.54. The zero-order valence-electron chi connectivity index (χ0n) is 30.7. The lowest BCUT2D eigenvalue weighted by molar-refractivity contribution is 0.270. The van der Waals surface area contributed by atoms with Gasteiger partial charge in [0.15, 0.2) is 0 Å². The Kier molecular flexibility index (Phi) is 26.6. The molecule has 44 heavy (non-hydrogen) atoms. The average molecular weight is 627 g/mol. The molecule has 1 fully saturated rings. The Labute approximate surface area is 277 Å². The maximum absolute atomic E-state index is 9.09. The Bertz CT molecular complexity index is 1030. The molecule has 1 saturated heterocycles. The predicted octanol–water partition coefficient (Wildman–Crippen LogP) is 12.1. The monoisotopic (exact) mass is 626 g/mol. The van der Waals surface area contributed by atoms with Gasteiger partial charge in [-0.3, -0.25) is 0 Å². The van der Waals surface area contributed by atoms with Crippen molar-refractivity contribution in [1.29, 1.82) is 5.26 Å². The van der Waals surface area contributed by atoms with Gasteiger partial charge in [0.2, 0.25) is 0 Å². The van der Waals surface area contributed by atoms with Gasteiger partial charge in [0.1, 0.15) is 11.5 Å². The van der Waals surface area contributed by atoms with E-state index in [9.17, 15) is 0 Å². The topological polar surface area (TPSA) is 61.0 Å². The molecule has 1 aliphatic rings. The Morgan fingerprint density at radius 3 is 2.27 bits per heavy atom. The van der Waals surface area contributed by atoms with Gasteiger partial charge >= 0.3 is 0 Å². The molecule has 1 aromatic rings. The van der Waals surface area contributed by atoms with Gasteiger partial charge in [-0.15, -0.1) is 16.9 Å². The number of thioether (sulfide) groups is 1. The minimum atomic E-state index is 0.392. The largest absolute Gasteiger partial charge is 0.464 e. The fourth-order valence-corrected chi connectivity index (χ4v) is 6.17. The highest BCUT2D eigenvalue weighted by atomic mass is 32.2. The summed E-state index contributed by atoms with van der Waals surface area (Å²) >= 11 is 1.80. The Morgan fingerprint density at radius 2 is 1.77 bits per heavy atom. The van der Waals surface area contributed by atoms with E-state index in [0.717, 1.165) is 51.8 Å². The van der Waals surface area contributed by atoms with E-state index in [4.69, 9.17) is 10.00 Å². The van der Waals surface area contributed by atoms with Crippen LogP contribution in [0.15, 0.2) is 58.6 Å². The first-order valence-corrected chi connectivity index (χ1v) is 18.0. The predicted molar refractivity (Wildman–Crippen MR) is 200 cm³/mol. The average Bonchev–Trinajstić information content (AvgIpc) is 3.03. The number of allylic oxidation sites excluding steroid dienone is 2. The second-order valence-corrected chi connectivity index (χ2v) is 12.6. The van der Waals surface area contributed by atoms with E-state index in [1.54, 1.807) is 11.8 Å². The van der Waals surface area contributed by atoms with Crippen LogP contribution in [-0.2, 0) is 4.74 Å². The van der Waals surface area contributed by atoms with Crippen LogP contribution in [0, 0.1) is 29.1 Å². The quantitative estimate of drug-likeness (QED) is 0.0761. The molecular weight excluding hydrogens is 561 g/mol. The first kappa shape index (κ1) is 43.6. The van der Waals surface area contributed by atoms with Crippen LogP contribution in [0.3, 0.4) is 0 Å². The van der Waals surface area contributed by atoms with Crippen molar-refractivity contribution in [3.05, 3.63) is 54.0 Å². The molecule has 0 aromatic heterocycles. The first-order valence-electron chi connectivity index (χ1n) is 17.1. The summed E-state index contributed by atoms with van der Waals surface area (Å²) in [5.41, 5.74) is 3.83. The van der Waals surface area contributed by atoms with Crippen molar-refractivity contribution in [1.82, 2.24) is 0 Å². The Hall–Kier alpha value is -2.52. The number of rotatable bonds is 12. The van der Waals surface area contributed by atoms with Crippen LogP contribution >= 0.6 is 11.8 Å². The molecule has 1 aromatic carbocycles. The van der Waals surface area contributed by atoms with Gasteiger partial charge in [0, 0.05) is 24.2 Å². The summed E-state index contributed by atoms with van der Waals surface area (Å²) < 4.78 is 5.39. The van der Waals surface area contributed by atoms with Crippen LogP contribution < -0.4 is 4.90 Å². The van der Waals surface area contributed by atoms with Gasteiger partial charge in [0.05, 0.1) is 22.9 Å². The van der Waals surface area contributed by atoms with Crippen LogP contribution in [0.25, 0.3) is 0 Å². The van der Waals surface area contributed by atoms with E-state index in [1.807, 2.05) is 66.7 Å². The number of anilines is 1. The van der Waals surface area contributed by atoms with Crippen molar-refractivity contribution in [2.45, 2.75) is 135 Å². The summed E-state index contributed by atoms with van der Waals surface area (Å²) in [5, 5.41) is 18.9. The lowest BCUT2D eigenvalue weighted by Crippen LogP contribution is -2.45. The first-order chi connectivity index (χ1) is 21.1. The zero-order chi connectivity index (χ0) is 34.1. The van der Waals surface area contributed by atoms with Gasteiger partial charge < -0.3 is 9.64 Å². The Balaban J connectivity index is 0. The van der Waals surface area contributed by atoms with E-state index in [1.165, 1.54) is 50.5 Å². The molecular formula is C38H66N4OS. The molecule has 250 valence electrons. The van der Waals surface area contributed by atoms with Crippen molar-refractivity contribution in [3.63, 3.8) is 0 Å². The highest BCUT2D eigenvalue weighted by molar-refractivity contribution is 8.13. The Morgan fingerprint density at radius 1 is 1.11 bits per heavy atom. The summed E-state index contributed by atoms with van der Waals surface area (Å²) in [6.45, 7) is 32.0. The summed E-state index contributed by atoms with van der Waals surface area (Å²) in [6.07, 6.45) is 8.95. The third-order valence-corrected chi connectivity index (χ3v) is 8.28. The fraction of sp³-hybridized carbons (Fsp3) is 0.658. The molecule has 0 spiro atoms. The summed E-state index contributed by atoms with van der Waals surface area (Å²) in [6, 6.07) is 11.0. The number of ether oxygens (including phenoxy) is 1. The van der Waals surface area contributed by atoms with E-state index in [0.29, 0.717) is 12.0 Å². The third-order valence-electron chi connectivity index (χ3n) is 6.94. The number of piperidine rings is 1. The van der Waals surface area contributed by atoms with Gasteiger partial charge in [-0.2, -0.15) is 10.4 Å². The van der Waals surface area contributed by atoms with Crippen LogP contribution in [0.1, 0.15) is 134 Å². The normalized spacial score (nSPS) is 16.4. The van der Waals surface area contributed by atoms with Crippen molar-refractivity contribution in [2.75, 3.05) is 17.2 Å². The molecule has 1 heterocycles. The van der Waals surface area contributed by atoms with Crippen molar-refractivity contribution >= 4 is 28.2 Å². The molecule has 0 aliphatic carbocycles. The number of hydrogen-bond donors (Lipinski definition) is 0. The SMILES string of the molecule is C=COC(=C(C)C)/C(C)=N/N=C(/SCCCC)C(C)C.CC.CC.CCC1C(CC(C)C)CCCN1c1cccc(C#N)c1. The molecule has 5 nitrogen and oxygen atoms in total. The van der Waals surface area contributed by atoms with Gasteiger partial charge in [-0.1, -0.05) is 88.3 Å². The van der Waals surface area contributed by atoms with E-state index in [-0.39, 0.29) is 0 Å². The van der Waals surface area contributed by atoms with Crippen molar-refractivity contribution < 1.29 is 4.74 Å². The maximum atomic E-state index is 9.09. The molecule has 0 radical (unpaired) electrons. The summed E-state index contributed by atoms with van der Waals surface area (Å²) in [7, 11) is 0. The standard InChI is InChI=1S/C18H26N2.C16H28N2OS.2C2H6/c1-4-18-16(11-14(2)3)8-6-10-20(18)17-9-5-7-15(12-17)13-19;1-8-10-11-20-16(13(5)6)18-17-14(7)15(12(3)4)19-9-2;2*1-2/h5,7,9,12,14,16,18H,4,6,8,10-11H2,1-3H3;9,13H,2,8,10-11H2,1,3-7H3;2*1-2H3/b;17-14+,18-16+;;. The molecule has 0 bridgehead atoms. The summed E-state index contributed by atoms with van der Waals surface area (Å²) in [5.74, 6) is 3.79. The highest BCUT2D eigenvalue weighted by Crippen LogP contribution is 2.34. The van der Waals surface area contributed by atoms with Crippen LogP contribution in [-0.4, -0.2) is 29.1 Å². The third kappa shape index (κ3) is 17.1. The molecule has 6 heteroatoms. The minimum absolute atomic E-state index is 0.392. The molecule has 1 aliphatic heterocycles. The highest BCUT2D eigenvalue weighted by Gasteiger charge is 2.30. The lowest BCUT2D eigenvalue weighted by atomic mass is 9.81. The number of benzene rings is 1. The van der Waals surface area contributed by atoms with Crippen LogP contribution in [0.4, 0.5) is 5.69 Å². The van der Waals surface area contributed by atoms with Crippen molar-refractivity contribution in [3.8, 4) is 6.07 Å². The molecule has 2 unspecified atom stereocenters. The van der Waals surface area contributed by atoms with Gasteiger partial charge in [-0.25, -0.2) is 0 Å². The van der Waals surface area contributed by atoms with Gasteiger partial charge in [0.25, 0.3) is 0 Å². The van der Waals surface area contributed by atoms with E-state index in [2.05, 4.69) is 75.4 Å². The molecule has 2 atom stereocenters. The number of hydrogen-bond acceptors (Lipinski definition) is 6. The lowest BCUT2D eigenvalue weighted by Gasteiger charge is -2.43. The number of nitrogens with zero attached hydrogens (tertiary/aromatic N) is 4. The zero-order valence-corrected chi connectivity index (χ0v) is 31.5. The second kappa shape index (κ2) is 26.8. The number of unbranched alkanes of at least 4 members (excludes halogenated alkanes) is 1. The van der Waals surface area contributed by atoms with Crippen molar-refractivity contribution in [2.24, 2.45) is 28.0 Å². The fourth-order valence-electron chi connectivity index (χ4n) is 5.10. The molecule has 0 saturated carbocycles. The molecule has 0 amide bonds. The second-order valence-electron chi connectivity index (χ2n) is 11.5. The molecule has 0 N–H and O–H groups in total. The number of nitriles is 1.